The van der Waals surface area contributed by atoms with E-state index >= 15 is 0 Å². The summed E-state index contributed by atoms with van der Waals surface area (Å²) >= 11 is 0. The second-order valence-corrected chi connectivity index (χ2v) is 10.6. The Morgan fingerprint density at radius 3 is 2.38 bits per heavy atom. The van der Waals surface area contributed by atoms with Crippen LogP contribution in [0.2, 0.25) is 0 Å². The number of likely N-dealkylation sites (tertiary alicyclic amines) is 1. The van der Waals surface area contributed by atoms with Gasteiger partial charge in [-0.3, -0.25) is 0 Å². The predicted molar refractivity (Wildman–Crippen MR) is 143 cm³/mol. The molecule has 40 heavy (non-hydrogen) atoms. The van der Waals surface area contributed by atoms with Gasteiger partial charge in [-0.1, -0.05) is 42.5 Å². The minimum atomic E-state index is -2.42. The van der Waals surface area contributed by atoms with Gasteiger partial charge < -0.3 is 19.5 Å². The number of hydrogen-bond acceptors (Lipinski definition) is 7. The van der Waals surface area contributed by atoms with Gasteiger partial charge >= 0.3 is 0 Å². The molecule has 1 saturated carbocycles. The molecule has 1 saturated heterocycles. The number of pyridine rings is 1. The lowest BCUT2D eigenvalue weighted by Gasteiger charge is -2.40. The van der Waals surface area contributed by atoms with E-state index in [1.54, 1.807) is 30.1 Å². The van der Waals surface area contributed by atoms with Gasteiger partial charge in [-0.2, -0.15) is 10.5 Å². The number of halogens is 2. The lowest BCUT2D eigenvalue weighted by molar-refractivity contribution is -0.106. The molecule has 2 aliphatic heterocycles. The van der Waals surface area contributed by atoms with Crippen LogP contribution in [0.1, 0.15) is 59.5 Å². The fraction of sp³-hybridized carbons (Fsp3) is 0.387. The number of nitriles is 2. The summed E-state index contributed by atoms with van der Waals surface area (Å²) in [6.45, 7) is 0.753. The van der Waals surface area contributed by atoms with Crippen molar-refractivity contribution < 1.29 is 23.4 Å². The van der Waals surface area contributed by atoms with Crippen LogP contribution in [-0.2, 0) is 11.2 Å². The minimum absolute atomic E-state index is 0.0625. The molecule has 1 aliphatic carbocycles. The van der Waals surface area contributed by atoms with Crippen molar-refractivity contribution in [1.82, 2.24) is 9.88 Å². The molecule has 6 rings (SSSR count). The van der Waals surface area contributed by atoms with Gasteiger partial charge in [0.1, 0.15) is 23.1 Å². The molecule has 3 aliphatic rings. The van der Waals surface area contributed by atoms with Crippen molar-refractivity contribution in [1.29, 1.82) is 10.5 Å². The van der Waals surface area contributed by atoms with Crippen molar-refractivity contribution in [2.45, 2.75) is 48.7 Å². The van der Waals surface area contributed by atoms with Gasteiger partial charge in [0.2, 0.25) is 5.88 Å². The van der Waals surface area contributed by atoms with Crippen LogP contribution >= 0.6 is 0 Å². The number of hydrogen-bond donors (Lipinski definition) is 1. The zero-order valence-electron chi connectivity index (χ0n) is 22.4. The molecule has 3 heterocycles. The third-order valence-corrected chi connectivity index (χ3v) is 8.07. The Hall–Kier alpha value is -4.05. The molecule has 3 atom stereocenters. The Morgan fingerprint density at radius 2 is 1.80 bits per heavy atom. The van der Waals surface area contributed by atoms with E-state index in [0.29, 0.717) is 36.1 Å². The van der Waals surface area contributed by atoms with E-state index in [1.807, 2.05) is 48.5 Å². The first-order valence-corrected chi connectivity index (χ1v) is 13.2. The smallest absolute Gasteiger partial charge is 0.260 e. The van der Waals surface area contributed by atoms with Gasteiger partial charge in [0.05, 0.1) is 30.9 Å². The summed E-state index contributed by atoms with van der Waals surface area (Å²) in [5, 5.41) is 30.9. The number of benzene rings is 2. The fourth-order valence-electron chi connectivity index (χ4n) is 6.37. The van der Waals surface area contributed by atoms with Crippen molar-refractivity contribution >= 4 is 0 Å². The first kappa shape index (κ1) is 27.5. The summed E-state index contributed by atoms with van der Waals surface area (Å²) < 4.78 is 36.9. The molecule has 0 radical (unpaired) electrons. The zero-order chi connectivity index (χ0) is 28.5. The minimum Gasteiger partial charge on any atom is -0.481 e. The fourth-order valence-corrected chi connectivity index (χ4v) is 6.37. The van der Waals surface area contributed by atoms with Gasteiger partial charge in [0.15, 0.2) is 5.60 Å². The maximum atomic E-state index is 12.4. The largest absolute Gasteiger partial charge is 0.481 e. The molecule has 3 aromatic rings. The van der Waals surface area contributed by atoms with Crippen LogP contribution in [0.25, 0.3) is 0 Å². The highest BCUT2D eigenvalue weighted by molar-refractivity contribution is 5.58. The summed E-state index contributed by atoms with van der Waals surface area (Å²) in [5.41, 5.74) is 0.402. The number of fused-ring (bicyclic) bond motifs is 3. The van der Waals surface area contributed by atoms with Crippen LogP contribution in [-0.4, -0.2) is 48.2 Å². The van der Waals surface area contributed by atoms with Gasteiger partial charge in [-0.25, -0.2) is 13.8 Å². The number of piperidine rings is 1. The highest BCUT2D eigenvalue weighted by Crippen LogP contribution is 2.67. The average molecular weight is 545 g/mol. The van der Waals surface area contributed by atoms with Crippen molar-refractivity contribution in [2.75, 3.05) is 27.2 Å². The molecule has 0 spiro atoms. The van der Waals surface area contributed by atoms with Gasteiger partial charge in [-0.15, -0.1) is 0 Å². The molecule has 3 unspecified atom stereocenters. The van der Waals surface area contributed by atoms with E-state index in [0.717, 1.165) is 17.7 Å². The van der Waals surface area contributed by atoms with Crippen molar-refractivity contribution in [2.24, 2.45) is 0 Å². The summed E-state index contributed by atoms with van der Waals surface area (Å²) in [6, 6.07) is 22.8. The number of alkyl halides is 2. The monoisotopic (exact) mass is 544 g/mol. The lowest BCUT2D eigenvalue weighted by Crippen LogP contribution is -2.48. The quantitative estimate of drug-likeness (QED) is 0.482. The second kappa shape index (κ2) is 10.5. The molecule has 2 fully saturated rings. The van der Waals surface area contributed by atoms with Gasteiger partial charge in [0, 0.05) is 18.4 Å². The Morgan fingerprint density at radius 1 is 1.07 bits per heavy atom. The van der Waals surface area contributed by atoms with Crippen LogP contribution in [0.3, 0.4) is 0 Å². The number of aliphatic hydroxyl groups is 1. The maximum absolute atomic E-state index is 12.4. The molecular formula is C31H30F2N4O3. The predicted octanol–water partition coefficient (Wildman–Crippen LogP) is 5.23. The molecule has 1 N–H and O–H groups in total. The van der Waals surface area contributed by atoms with Crippen LogP contribution in [0.15, 0.2) is 60.7 Å². The first-order valence-electron chi connectivity index (χ1n) is 13.2. The molecule has 9 heteroatoms. The number of aromatic nitrogens is 1. The molecule has 7 nitrogen and oxygen atoms in total. The van der Waals surface area contributed by atoms with E-state index in [1.165, 1.54) is 7.11 Å². The highest BCUT2D eigenvalue weighted by atomic mass is 19.3. The third-order valence-electron chi connectivity index (χ3n) is 8.07. The Balaban J connectivity index is 0.000000306. The third kappa shape index (κ3) is 4.56. The highest BCUT2D eigenvalue weighted by Gasteiger charge is 2.69. The first-order chi connectivity index (χ1) is 19.2. The standard InChI is InChI=1S/C25H19N3O3.C6H11F2N/c1-30-23-22-21(13-19(15-27)28-23)31-25(18-9-7-16(14-26)8-10-18)20(11-12-24(22,25)29)17-5-3-2-4-6-17;1-9-4-2-3-6(7,8)5-9/h2-10,13,20,29H,11-12H2,1H3;2-5H2,1H3. The van der Waals surface area contributed by atoms with E-state index in [-0.39, 0.29) is 30.5 Å². The van der Waals surface area contributed by atoms with Crippen LogP contribution in [0.5, 0.6) is 11.6 Å². The second-order valence-electron chi connectivity index (χ2n) is 10.6. The number of nitrogens with zero attached hydrogens (tertiary/aromatic N) is 4. The molecule has 206 valence electrons. The summed E-state index contributed by atoms with van der Waals surface area (Å²) in [6.07, 6.45) is 1.81. The Bertz CT molecular complexity index is 1470. The normalized spacial score (nSPS) is 26.2. The summed E-state index contributed by atoms with van der Waals surface area (Å²) in [7, 11) is 3.20. The molecule has 1 aromatic heterocycles. The average Bonchev–Trinajstić information content (AvgIpc) is 3.39. The van der Waals surface area contributed by atoms with E-state index < -0.39 is 17.1 Å². The topological polar surface area (TPSA) is 102 Å². The van der Waals surface area contributed by atoms with Crippen molar-refractivity contribution in [3.63, 3.8) is 0 Å². The van der Waals surface area contributed by atoms with Crippen LogP contribution < -0.4 is 9.47 Å². The SMILES string of the molecule is CN1CCCC(F)(F)C1.COc1nc(C#N)cc2c1C1(O)CCC(c3ccccc3)C1(c1ccc(C#N)cc1)O2. The number of rotatable bonds is 3. The maximum Gasteiger partial charge on any atom is 0.260 e. The summed E-state index contributed by atoms with van der Waals surface area (Å²) in [5.74, 6) is -1.99. The number of methoxy groups -OCH3 is 1. The number of ether oxygens (including phenoxy) is 2. The van der Waals surface area contributed by atoms with E-state index in [2.05, 4.69) is 11.1 Å². The molecule has 2 aromatic carbocycles. The van der Waals surface area contributed by atoms with Gasteiger partial charge in [-0.05, 0) is 56.1 Å². The molecule has 0 bridgehead atoms. The van der Waals surface area contributed by atoms with E-state index in [9.17, 15) is 24.4 Å². The zero-order valence-corrected chi connectivity index (χ0v) is 22.4. The molecular weight excluding hydrogens is 514 g/mol. The molecule has 0 amide bonds. The Kier molecular flexibility index (Phi) is 7.22. The lowest BCUT2D eigenvalue weighted by atomic mass is 9.72. The summed E-state index contributed by atoms with van der Waals surface area (Å²) in [4.78, 5) is 5.94. The Labute approximate surface area is 232 Å². The van der Waals surface area contributed by atoms with Gasteiger partial charge in [0.25, 0.3) is 5.92 Å². The van der Waals surface area contributed by atoms with Crippen LogP contribution in [0.4, 0.5) is 8.78 Å². The van der Waals surface area contributed by atoms with Crippen molar-refractivity contribution in [3.05, 3.63) is 88.6 Å². The van der Waals surface area contributed by atoms with E-state index in [4.69, 9.17) is 9.47 Å². The van der Waals surface area contributed by atoms with Crippen LogP contribution in [0, 0.1) is 22.7 Å². The van der Waals surface area contributed by atoms with Crippen molar-refractivity contribution in [3.8, 4) is 23.8 Å².